The SMILES string of the molecule is CCN(CC)c1ccc(C=NNC(=O)C(C)Oc2ccccc2)cc1. The Kier molecular flexibility index (Phi) is 7.01. The van der Waals surface area contributed by atoms with Gasteiger partial charge in [0.15, 0.2) is 6.10 Å². The Morgan fingerprint density at radius 1 is 1.12 bits per heavy atom. The number of rotatable bonds is 8. The van der Waals surface area contributed by atoms with Crippen molar-refractivity contribution in [3.8, 4) is 5.75 Å². The van der Waals surface area contributed by atoms with Crippen LogP contribution >= 0.6 is 0 Å². The van der Waals surface area contributed by atoms with Gasteiger partial charge in [-0.2, -0.15) is 5.10 Å². The van der Waals surface area contributed by atoms with Gasteiger partial charge in [0.1, 0.15) is 5.75 Å². The molecule has 1 amide bonds. The first-order chi connectivity index (χ1) is 12.1. The molecule has 2 aromatic rings. The normalized spacial score (nSPS) is 12.0. The molecule has 0 radical (unpaired) electrons. The van der Waals surface area contributed by atoms with Crippen LogP contribution in [0.2, 0.25) is 0 Å². The van der Waals surface area contributed by atoms with Gasteiger partial charge < -0.3 is 9.64 Å². The summed E-state index contributed by atoms with van der Waals surface area (Å²) in [6.45, 7) is 7.90. The van der Waals surface area contributed by atoms with Gasteiger partial charge in [-0.25, -0.2) is 5.43 Å². The molecule has 0 saturated carbocycles. The summed E-state index contributed by atoms with van der Waals surface area (Å²) in [7, 11) is 0. The van der Waals surface area contributed by atoms with E-state index in [-0.39, 0.29) is 5.91 Å². The molecule has 1 unspecified atom stereocenters. The van der Waals surface area contributed by atoms with E-state index >= 15 is 0 Å². The van der Waals surface area contributed by atoms with Gasteiger partial charge in [0.2, 0.25) is 0 Å². The molecule has 0 spiro atoms. The minimum Gasteiger partial charge on any atom is -0.481 e. The van der Waals surface area contributed by atoms with Gasteiger partial charge in [-0.15, -0.1) is 0 Å². The fraction of sp³-hybridized carbons (Fsp3) is 0.300. The molecule has 0 bridgehead atoms. The zero-order chi connectivity index (χ0) is 18.1. The summed E-state index contributed by atoms with van der Waals surface area (Å²) < 4.78 is 5.55. The van der Waals surface area contributed by atoms with E-state index in [1.54, 1.807) is 13.1 Å². The van der Waals surface area contributed by atoms with E-state index in [4.69, 9.17) is 4.74 Å². The van der Waals surface area contributed by atoms with Gasteiger partial charge in [-0.3, -0.25) is 4.79 Å². The number of amides is 1. The van der Waals surface area contributed by atoms with Gasteiger partial charge in [-0.1, -0.05) is 30.3 Å². The lowest BCUT2D eigenvalue weighted by atomic mass is 10.2. The van der Waals surface area contributed by atoms with E-state index in [1.165, 1.54) is 5.69 Å². The van der Waals surface area contributed by atoms with Crippen molar-refractivity contribution in [2.45, 2.75) is 26.9 Å². The predicted octanol–water partition coefficient (Wildman–Crippen LogP) is 3.45. The molecule has 5 nitrogen and oxygen atoms in total. The molecular weight excluding hydrogens is 314 g/mol. The van der Waals surface area contributed by atoms with E-state index in [2.05, 4.69) is 41.4 Å². The monoisotopic (exact) mass is 339 g/mol. The van der Waals surface area contributed by atoms with Crippen molar-refractivity contribution in [2.24, 2.45) is 5.10 Å². The van der Waals surface area contributed by atoms with Crippen LogP contribution in [0.5, 0.6) is 5.75 Å². The molecule has 2 rings (SSSR count). The molecule has 0 saturated heterocycles. The average Bonchev–Trinajstić information content (AvgIpc) is 2.64. The average molecular weight is 339 g/mol. The number of carbonyl (C=O) groups excluding carboxylic acids is 1. The Balaban J connectivity index is 1.86. The topological polar surface area (TPSA) is 53.9 Å². The first-order valence-electron chi connectivity index (χ1n) is 8.53. The second-order valence-electron chi connectivity index (χ2n) is 5.57. The maximum atomic E-state index is 12.0. The predicted molar refractivity (Wildman–Crippen MR) is 102 cm³/mol. The summed E-state index contributed by atoms with van der Waals surface area (Å²) in [6, 6.07) is 17.3. The van der Waals surface area contributed by atoms with Crippen molar-refractivity contribution < 1.29 is 9.53 Å². The number of hydrogen-bond acceptors (Lipinski definition) is 4. The summed E-state index contributed by atoms with van der Waals surface area (Å²) in [6.07, 6.45) is 1.00. The van der Waals surface area contributed by atoms with Crippen LogP contribution in [-0.2, 0) is 4.79 Å². The maximum Gasteiger partial charge on any atom is 0.280 e. The second-order valence-corrected chi connectivity index (χ2v) is 5.57. The molecule has 132 valence electrons. The number of nitrogens with one attached hydrogen (secondary N) is 1. The molecule has 25 heavy (non-hydrogen) atoms. The van der Waals surface area contributed by atoms with Gasteiger partial charge in [-0.05, 0) is 50.6 Å². The minimum absolute atomic E-state index is 0.292. The van der Waals surface area contributed by atoms with Gasteiger partial charge in [0.05, 0.1) is 6.21 Å². The Morgan fingerprint density at radius 2 is 1.76 bits per heavy atom. The van der Waals surface area contributed by atoms with Crippen molar-refractivity contribution >= 4 is 17.8 Å². The van der Waals surface area contributed by atoms with Crippen LogP contribution in [-0.4, -0.2) is 31.3 Å². The highest BCUT2D eigenvalue weighted by Gasteiger charge is 2.13. The van der Waals surface area contributed by atoms with Crippen molar-refractivity contribution in [3.05, 3.63) is 60.2 Å². The zero-order valence-corrected chi connectivity index (χ0v) is 15.0. The molecule has 1 N–H and O–H groups in total. The molecule has 5 heteroatoms. The number of nitrogens with zero attached hydrogens (tertiary/aromatic N) is 2. The van der Waals surface area contributed by atoms with Crippen LogP contribution in [0.25, 0.3) is 0 Å². The first-order valence-corrected chi connectivity index (χ1v) is 8.53. The lowest BCUT2D eigenvalue weighted by Crippen LogP contribution is -2.33. The Morgan fingerprint density at radius 3 is 2.36 bits per heavy atom. The third-order valence-corrected chi connectivity index (χ3v) is 3.84. The van der Waals surface area contributed by atoms with Crippen LogP contribution in [0.4, 0.5) is 5.69 Å². The summed E-state index contributed by atoms with van der Waals surface area (Å²) in [5.41, 5.74) is 4.61. The highest BCUT2D eigenvalue weighted by molar-refractivity contribution is 5.84. The van der Waals surface area contributed by atoms with Crippen LogP contribution < -0.4 is 15.1 Å². The molecule has 0 aliphatic heterocycles. The van der Waals surface area contributed by atoms with Crippen LogP contribution in [0.3, 0.4) is 0 Å². The highest BCUT2D eigenvalue weighted by Crippen LogP contribution is 2.14. The van der Waals surface area contributed by atoms with E-state index in [1.807, 2.05) is 42.5 Å². The summed E-state index contributed by atoms with van der Waals surface area (Å²) in [5, 5.41) is 4.00. The standard InChI is InChI=1S/C20H25N3O2/c1-4-23(5-2)18-13-11-17(12-14-18)15-21-22-20(24)16(3)25-19-9-7-6-8-10-19/h6-16H,4-5H2,1-3H3,(H,22,24). The van der Waals surface area contributed by atoms with Crippen molar-refractivity contribution in [1.29, 1.82) is 0 Å². The minimum atomic E-state index is -0.621. The van der Waals surface area contributed by atoms with E-state index in [0.717, 1.165) is 18.7 Å². The molecule has 0 heterocycles. The number of carbonyl (C=O) groups is 1. The van der Waals surface area contributed by atoms with Crippen molar-refractivity contribution in [3.63, 3.8) is 0 Å². The number of para-hydroxylation sites is 1. The van der Waals surface area contributed by atoms with Crippen molar-refractivity contribution in [2.75, 3.05) is 18.0 Å². The summed E-state index contributed by atoms with van der Waals surface area (Å²) >= 11 is 0. The molecule has 2 aromatic carbocycles. The molecule has 0 fully saturated rings. The van der Waals surface area contributed by atoms with Gasteiger partial charge in [0, 0.05) is 18.8 Å². The number of anilines is 1. The molecule has 1 atom stereocenters. The van der Waals surface area contributed by atoms with Gasteiger partial charge >= 0.3 is 0 Å². The largest absolute Gasteiger partial charge is 0.481 e. The second kappa shape index (κ2) is 9.47. The van der Waals surface area contributed by atoms with E-state index in [9.17, 15) is 4.79 Å². The van der Waals surface area contributed by atoms with Gasteiger partial charge in [0.25, 0.3) is 5.91 Å². The van der Waals surface area contributed by atoms with E-state index < -0.39 is 6.10 Å². The number of benzene rings is 2. The fourth-order valence-electron chi connectivity index (χ4n) is 2.38. The summed E-state index contributed by atoms with van der Waals surface area (Å²) in [4.78, 5) is 14.3. The van der Waals surface area contributed by atoms with Crippen LogP contribution in [0, 0.1) is 0 Å². The smallest absolute Gasteiger partial charge is 0.280 e. The third-order valence-electron chi connectivity index (χ3n) is 3.84. The Hall–Kier alpha value is -2.82. The first kappa shape index (κ1) is 18.5. The lowest BCUT2D eigenvalue weighted by molar-refractivity contribution is -0.127. The molecule has 0 aliphatic rings. The molecular formula is C20H25N3O2. The fourth-order valence-corrected chi connectivity index (χ4v) is 2.38. The van der Waals surface area contributed by atoms with Crippen LogP contribution in [0.15, 0.2) is 59.7 Å². The Bertz CT molecular complexity index is 680. The highest BCUT2D eigenvalue weighted by atomic mass is 16.5. The zero-order valence-electron chi connectivity index (χ0n) is 15.0. The lowest BCUT2D eigenvalue weighted by Gasteiger charge is -2.20. The van der Waals surface area contributed by atoms with Crippen molar-refractivity contribution in [1.82, 2.24) is 5.43 Å². The summed E-state index contributed by atoms with van der Waals surface area (Å²) in [5.74, 6) is 0.362. The number of ether oxygens (including phenoxy) is 1. The van der Waals surface area contributed by atoms with E-state index in [0.29, 0.717) is 5.75 Å². The maximum absolute atomic E-state index is 12.0. The number of hydrazone groups is 1. The number of hydrogen-bond donors (Lipinski definition) is 1. The Labute approximate surface area is 149 Å². The third kappa shape index (κ3) is 5.64. The van der Waals surface area contributed by atoms with Crippen LogP contribution in [0.1, 0.15) is 26.3 Å². The molecule has 0 aromatic heterocycles. The molecule has 0 aliphatic carbocycles. The quantitative estimate of drug-likeness (QED) is 0.592.